The average Bonchev–Trinajstić information content (AvgIpc) is 4.05. The molecular weight excluding hydrogens is 820 g/mol. The van der Waals surface area contributed by atoms with Crippen molar-refractivity contribution in [1.82, 2.24) is 0 Å². The molecule has 0 N–H and O–H groups in total. The second-order valence-electron chi connectivity index (χ2n) is 13.7. The minimum atomic E-state index is -6.00. The summed E-state index contributed by atoms with van der Waals surface area (Å²) in [6.07, 6.45) is 14.3. The Morgan fingerprint density at radius 1 is 0.589 bits per heavy atom. The number of thiophene rings is 4. The van der Waals surface area contributed by atoms with Gasteiger partial charge in [-0.2, -0.15) is 0 Å². The number of hydrogen-bond donors (Lipinski definition) is 0. The summed E-state index contributed by atoms with van der Waals surface area (Å²) >= 11 is 11.4. The van der Waals surface area contributed by atoms with Gasteiger partial charge in [-0.05, 0) is 135 Å². The highest BCUT2D eigenvalue weighted by atomic mass is 32.2. The van der Waals surface area contributed by atoms with Gasteiger partial charge in [0.2, 0.25) is 21.1 Å². The minimum Gasteiger partial charge on any atom is -0.418 e. The second kappa shape index (κ2) is 16.2. The van der Waals surface area contributed by atoms with Gasteiger partial charge in [0, 0.05) is 47.2 Å². The third-order valence-electron chi connectivity index (χ3n) is 10.2. The van der Waals surface area contributed by atoms with Crippen LogP contribution in [0.3, 0.4) is 0 Å². The number of allylic oxidation sites excluding steroid dienone is 10. The molecule has 0 fully saturated rings. The topological polar surface area (TPSA) is 0 Å². The Morgan fingerprint density at radius 2 is 1.20 bits per heavy atom. The van der Waals surface area contributed by atoms with Crippen molar-refractivity contribution < 1.29 is 17.3 Å². The molecule has 0 saturated heterocycles. The molecule has 0 radical (unpaired) electrons. The lowest BCUT2D eigenvalue weighted by atomic mass is 9.95. The van der Waals surface area contributed by atoms with E-state index < -0.39 is 7.25 Å². The molecule has 4 aliphatic rings. The number of halogens is 4. The van der Waals surface area contributed by atoms with E-state index in [1.54, 1.807) is 0 Å². The summed E-state index contributed by atoms with van der Waals surface area (Å²) in [6, 6.07) is 31.5. The Kier molecular flexibility index (Phi) is 10.9. The Bertz CT molecular complexity index is 2560. The second-order valence-corrected chi connectivity index (χ2v) is 19.6. The predicted molar refractivity (Wildman–Crippen MR) is 240 cm³/mol. The van der Waals surface area contributed by atoms with Crippen molar-refractivity contribution >= 4 is 97.3 Å². The summed E-state index contributed by atoms with van der Waals surface area (Å²) in [5.74, 6) is 0. The lowest BCUT2D eigenvalue weighted by Gasteiger charge is -2.19. The van der Waals surface area contributed by atoms with Crippen molar-refractivity contribution in [1.29, 1.82) is 0 Å². The Morgan fingerprint density at radius 3 is 1.88 bits per heavy atom. The van der Waals surface area contributed by atoms with Crippen molar-refractivity contribution in [3.63, 3.8) is 0 Å². The molecule has 0 spiro atoms. The van der Waals surface area contributed by atoms with Crippen LogP contribution in [0.4, 0.5) is 17.3 Å². The first kappa shape index (κ1) is 37.7. The van der Waals surface area contributed by atoms with Gasteiger partial charge in [0.1, 0.15) is 0 Å². The van der Waals surface area contributed by atoms with Crippen molar-refractivity contribution in [3.05, 3.63) is 178 Å². The molecule has 0 unspecified atom stereocenters. The average molecular weight is 853 g/mol. The Labute approximate surface area is 348 Å². The van der Waals surface area contributed by atoms with Gasteiger partial charge in [-0.3, -0.25) is 0 Å². The Balaban J connectivity index is 0.000000773. The third-order valence-corrected chi connectivity index (χ3v) is 16.6. The lowest BCUT2D eigenvalue weighted by Crippen LogP contribution is -2.02. The summed E-state index contributed by atoms with van der Waals surface area (Å²) in [5.41, 5.74) is 14.7. The van der Waals surface area contributed by atoms with Crippen LogP contribution in [-0.4, -0.2) is 7.25 Å². The van der Waals surface area contributed by atoms with Crippen LogP contribution in [0.1, 0.15) is 57.9 Å². The van der Waals surface area contributed by atoms with Crippen LogP contribution in [0.5, 0.6) is 0 Å². The molecule has 0 bridgehead atoms. The van der Waals surface area contributed by atoms with Gasteiger partial charge in [0.15, 0.2) is 0 Å². The number of thioether (sulfide) groups is 1. The van der Waals surface area contributed by atoms with Crippen molar-refractivity contribution in [2.45, 2.75) is 38.5 Å². The molecule has 56 heavy (non-hydrogen) atoms. The van der Waals surface area contributed by atoms with Crippen LogP contribution >= 0.6 is 68.4 Å². The highest BCUT2D eigenvalue weighted by molar-refractivity contribution is 8.12. The van der Waals surface area contributed by atoms with Gasteiger partial charge in [0.05, 0.1) is 4.88 Å². The number of fused-ring (bicyclic) bond motifs is 2. The van der Waals surface area contributed by atoms with E-state index >= 15 is 0 Å². The molecule has 6 heterocycles. The first-order valence-corrected chi connectivity index (χ1v) is 23.5. The van der Waals surface area contributed by atoms with E-state index in [4.69, 9.17) is 0 Å². The van der Waals surface area contributed by atoms with E-state index in [0.29, 0.717) is 0 Å². The van der Waals surface area contributed by atoms with Gasteiger partial charge < -0.3 is 17.3 Å². The van der Waals surface area contributed by atoms with Crippen molar-refractivity contribution in [2.75, 3.05) is 0 Å². The van der Waals surface area contributed by atoms with E-state index in [2.05, 4.69) is 125 Å². The van der Waals surface area contributed by atoms with E-state index in [1.165, 1.54) is 94.8 Å². The van der Waals surface area contributed by atoms with Crippen molar-refractivity contribution in [2.24, 2.45) is 0 Å². The molecule has 10 rings (SSSR count). The Hall–Kier alpha value is -3.84. The zero-order valence-electron chi connectivity index (χ0n) is 29.9. The molecule has 0 saturated carbocycles. The molecule has 5 aromatic heterocycles. The fourth-order valence-corrected chi connectivity index (χ4v) is 13.6. The van der Waals surface area contributed by atoms with Gasteiger partial charge in [0.25, 0.3) is 0 Å². The van der Waals surface area contributed by atoms with Gasteiger partial charge in [-0.25, -0.2) is 0 Å². The highest BCUT2D eigenvalue weighted by Crippen LogP contribution is 2.55. The number of rotatable bonds is 7. The van der Waals surface area contributed by atoms with Gasteiger partial charge in [-0.1, -0.05) is 72.4 Å². The summed E-state index contributed by atoms with van der Waals surface area (Å²) in [5, 5.41) is 8.83. The molecule has 11 heteroatoms. The van der Waals surface area contributed by atoms with Crippen LogP contribution in [0, 0.1) is 0 Å². The smallest absolute Gasteiger partial charge is 0.418 e. The van der Waals surface area contributed by atoms with E-state index in [0.717, 1.165) is 38.5 Å². The van der Waals surface area contributed by atoms with E-state index in [9.17, 15) is 17.3 Å². The molecule has 0 nitrogen and oxygen atoms in total. The highest BCUT2D eigenvalue weighted by Gasteiger charge is 2.34. The SMILES string of the molecule is C1=C(c2cccs2)SC2=C(/C=C3\CCC(/C=C4\CCc5c(-c6cccs6)cc(-c6cccs6)[s+]c54)=C3c3ccccc3)CCC2=C1c1cccs1.F[B-](F)(F)F. The first-order chi connectivity index (χ1) is 27.3. The lowest BCUT2D eigenvalue weighted by molar-refractivity contribution is 0.368. The van der Waals surface area contributed by atoms with E-state index in [1.807, 2.05) is 68.4 Å². The monoisotopic (exact) mass is 852 g/mol. The summed E-state index contributed by atoms with van der Waals surface area (Å²) in [6.45, 7) is 0. The van der Waals surface area contributed by atoms with Gasteiger partial charge >= 0.3 is 7.25 Å². The molecule has 1 aromatic carbocycles. The molecule has 6 aromatic rings. The maximum absolute atomic E-state index is 9.75. The molecule has 1 aliphatic heterocycles. The summed E-state index contributed by atoms with van der Waals surface area (Å²) in [4.78, 5) is 11.2. The third kappa shape index (κ3) is 7.99. The van der Waals surface area contributed by atoms with E-state index in [-0.39, 0.29) is 0 Å². The summed E-state index contributed by atoms with van der Waals surface area (Å²) < 4.78 is 39.0. The van der Waals surface area contributed by atoms with Crippen LogP contribution in [-0.2, 0) is 6.42 Å². The normalized spacial score (nSPS) is 18.2. The standard InChI is InChI=1S/C45H33S6.BF4/c1-2-8-28(9-3-1)43-29(24-31-16-18-33-35(37-10-4-20-46-37)26-41(50-44(31)33)39-12-6-22-48-39)14-15-30(43)25-32-17-19-34-36(38-11-5-21-47-38)27-42(51-45(32)34)40-13-7-23-49-40;2-1(3,4)5/h1-13,20-27H,14-19H2;/q+1;-1. The first-order valence-electron chi connectivity index (χ1n) is 18.4. The largest absolute Gasteiger partial charge is 0.673 e. The quantitative estimate of drug-likeness (QED) is 0.0876. The zero-order valence-corrected chi connectivity index (χ0v) is 34.8. The van der Waals surface area contributed by atoms with Crippen LogP contribution < -0.4 is 0 Å². The van der Waals surface area contributed by atoms with Crippen LogP contribution in [0.25, 0.3) is 41.8 Å². The van der Waals surface area contributed by atoms with Crippen LogP contribution in [0.15, 0.2) is 152 Å². The van der Waals surface area contributed by atoms with Gasteiger partial charge in [-0.15, -0.1) is 45.3 Å². The zero-order chi connectivity index (χ0) is 38.2. The predicted octanol–water partition coefficient (Wildman–Crippen LogP) is 16.7. The summed E-state index contributed by atoms with van der Waals surface area (Å²) in [7, 11) is -6.00. The fraction of sp³-hybridized carbons (Fsp3) is 0.133. The number of benzene rings is 1. The molecule has 0 amide bonds. The maximum atomic E-state index is 9.75. The van der Waals surface area contributed by atoms with Crippen molar-refractivity contribution in [3.8, 4) is 20.2 Å². The molecule has 0 atom stereocenters. The number of hydrogen-bond acceptors (Lipinski definition) is 5. The minimum absolute atomic E-state index is 1.08. The van der Waals surface area contributed by atoms with Crippen LogP contribution in [0.2, 0.25) is 0 Å². The maximum Gasteiger partial charge on any atom is 0.673 e. The molecular formula is C45H33BF4S6. The molecule has 3 aliphatic carbocycles. The fourth-order valence-electron chi connectivity index (χ4n) is 7.91. The molecule has 280 valence electrons.